The van der Waals surface area contributed by atoms with E-state index < -0.39 is 0 Å². The molecule has 1 aromatic heterocycles. The van der Waals surface area contributed by atoms with Crippen molar-refractivity contribution in [3.05, 3.63) is 32.7 Å². The first-order valence-electron chi connectivity index (χ1n) is 6.63. The van der Waals surface area contributed by atoms with E-state index in [1.165, 1.54) is 0 Å². The number of nitrogens with zero attached hydrogens (tertiary/aromatic N) is 2. The molecule has 0 N–H and O–H groups in total. The summed E-state index contributed by atoms with van der Waals surface area (Å²) in [4.78, 5) is 24.5. The van der Waals surface area contributed by atoms with E-state index in [0.29, 0.717) is 5.56 Å². The third kappa shape index (κ3) is 1.79. The number of aromatic nitrogens is 2. The minimum atomic E-state index is -0.0803. The Labute approximate surface area is 125 Å². The van der Waals surface area contributed by atoms with Gasteiger partial charge in [-0.1, -0.05) is 13.8 Å². The second kappa shape index (κ2) is 4.07. The number of Topliss-reactive ketones (excluding diaryl/α,β-unsaturated/α-hetero) is 1. The molecule has 0 aliphatic heterocycles. The standard InChI is InChI=1S/C15H17BrN2O2/c1-15(2)7-9(15)13(19)8-5-11-12(6-10(8)16)18(4)14(20)17(11)3/h5-6,9H,7H2,1-4H3. The Kier molecular flexibility index (Phi) is 2.77. The molecule has 2 aromatic rings. The Bertz CT molecular complexity index is 798. The van der Waals surface area contributed by atoms with Crippen LogP contribution in [0.5, 0.6) is 0 Å². The van der Waals surface area contributed by atoms with E-state index in [0.717, 1.165) is 21.9 Å². The highest BCUT2D eigenvalue weighted by molar-refractivity contribution is 9.10. The van der Waals surface area contributed by atoms with Crippen molar-refractivity contribution in [2.45, 2.75) is 20.3 Å². The highest BCUT2D eigenvalue weighted by atomic mass is 79.9. The van der Waals surface area contributed by atoms with Crippen LogP contribution in [-0.2, 0) is 14.1 Å². The number of ketones is 1. The summed E-state index contributed by atoms with van der Waals surface area (Å²) in [6.07, 6.45) is 0.935. The largest absolute Gasteiger partial charge is 0.328 e. The van der Waals surface area contributed by atoms with Crippen molar-refractivity contribution in [1.29, 1.82) is 0 Å². The number of benzene rings is 1. The lowest BCUT2D eigenvalue weighted by Gasteiger charge is -2.07. The number of hydrogen-bond acceptors (Lipinski definition) is 2. The van der Waals surface area contributed by atoms with E-state index in [1.54, 1.807) is 23.2 Å². The maximum absolute atomic E-state index is 12.6. The lowest BCUT2D eigenvalue weighted by atomic mass is 10.0. The number of hydrogen-bond donors (Lipinski definition) is 0. The first kappa shape index (κ1) is 13.6. The van der Waals surface area contributed by atoms with E-state index in [4.69, 9.17) is 0 Å². The number of carbonyl (C=O) groups excluding carboxylic acids is 1. The fraction of sp³-hybridized carbons (Fsp3) is 0.467. The van der Waals surface area contributed by atoms with Gasteiger partial charge in [0.15, 0.2) is 5.78 Å². The van der Waals surface area contributed by atoms with Crippen LogP contribution in [0.2, 0.25) is 0 Å². The third-order valence-electron chi connectivity index (χ3n) is 4.46. The average Bonchev–Trinajstić information content (AvgIpc) is 2.98. The molecule has 3 rings (SSSR count). The van der Waals surface area contributed by atoms with E-state index in [1.807, 2.05) is 12.1 Å². The molecule has 20 heavy (non-hydrogen) atoms. The molecule has 1 heterocycles. The molecule has 0 saturated heterocycles. The molecule has 106 valence electrons. The van der Waals surface area contributed by atoms with Crippen molar-refractivity contribution in [3.8, 4) is 0 Å². The molecule has 1 aliphatic carbocycles. The number of halogens is 1. The van der Waals surface area contributed by atoms with Crippen LogP contribution in [0.1, 0.15) is 30.6 Å². The van der Waals surface area contributed by atoms with E-state index in [-0.39, 0.29) is 22.8 Å². The molecule has 0 radical (unpaired) electrons. The van der Waals surface area contributed by atoms with E-state index in [2.05, 4.69) is 29.8 Å². The topological polar surface area (TPSA) is 44.0 Å². The number of fused-ring (bicyclic) bond motifs is 1. The Hall–Kier alpha value is -1.36. The van der Waals surface area contributed by atoms with Crippen molar-refractivity contribution in [3.63, 3.8) is 0 Å². The van der Waals surface area contributed by atoms with Gasteiger partial charge in [0, 0.05) is 30.0 Å². The summed E-state index contributed by atoms with van der Waals surface area (Å²) in [5.74, 6) is 0.261. The highest BCUT2D eigenvalue weighted by Crippen LogP contribution is 2.53. The molecular formula is C15H17BrN2O2. The van der Waals surface area contributed by atoms with Crippen LogP contribution in [0.3, 0.4) is 0 Å². The molecule has 1 saturated carbocycles. The molecule has 4 nitrogen and oxygen atoms in total. The zero-order valence-corrected chi connectivity index (χ0v) is 13.6. The summed E-state index contributed by atoms with van der Waals surface area (Å²) in [6.45, 7) is 4.22. The first-order valence-corrected chi connectivity index (χ1v) is 7.42. The van der Waals surface area contributed by atoms with Gasteiger partial charge >= 0.3 is 5.69 Å². The summed E-state index contributed by atoms with van der Waals surface area (Å²) in [6, 6.07) is 3.69. The summed E-state index contributed by atoms with van der Waals surface area (Å²) in [5.41, 5.74) is 2.32. The Morgan fingerprint density at radius 3 is 2.25 bits per heavy atom. The van der Waals surface area contributed by atoms with Crippen LogP contribution < -0.4 is 5.69 Å². The molecular weight excluding hydrogens is 320 g/mol. The molecule has 0 amide bonds. The van der Waals surface area contributed by atoms with E-state index in [9.17, 15) is 9.59 Å². The highest BCUT2D eigenvalue weighted by Gasteiger charge is 2.50. The number of aryl methyl sites for hydroxylation is 2. The van der Waals surface area contributed by atoms with Crippen LogP contribution in [0.4, 0.5) is 0 Å². The second-order valence-electron chi connectivity index (χ2n) is 6.33. The molecule has 5 heteroatoms. The zero-order valence-electron chi connectivity index (χ0n) is 12.0. The number of rotatable bonds is 2. The van der Waals surface area contributed by atoms with E-state index >= 15 is 0 Å². The predicted octanol–water partition coefficient (Wildman–Crippen LogP) is 2.87. The van der Waals surface area contributed by atoms with Gasteiger partial charge in [0.1, 0.15) is 0 Å². The van der Waals surface area contributed by atoms with Crippen LogP contribution in [-0.4, -0.2) is 14.9 Å². The Morgan fingerprint density at radius 1 is 1.25 bits per heavy atom. The fourth-order valence-corrected chi connectivity index (χ4v) is 3.34. The minimum absolute atomic E-state index is 0.0803. The van der Waals surface area contributed by atoms with Gasteiger partial charge in [-0.05, 0) is 39.9 Å². The molecule has 1 aromatic carbocycles. The predicted molar refractivity (Wildman–Crippen MR) is 82.1 cm³/mol. The monoisotopic (exact) mass is 336 g/mol. The van der Waals surface area contributed by atoms with Crippen LogP contribution >= 0.6 is 15.9 Å². The normalized spacial score (nSPS) is 20.4. The molecule has 1 aliphatic rings. The second-order valence-corrected chi connectivity index (χ2v) is 7.19. The number of carbonyl (C=O) groups is 1. The molecule has 1 atom stereocenters. The summed E-state index contributed by atoms with van der Waals surface area (Å²) >= 11 is 3.47. The van der Waals surface area contributed by atoms with Crippen molar-refractivity contribution >= 4 is 32.7 Å². The van der Waals surface area contributed by atoms with Gasteiger partial charge in [-0.3, -0.25) is 13.9 Å². The molecule has 1 fully saturated rings. The quantitative estimate of drug-likeness (QED) is 0.791. The van der Waals surface area contributed by atoms with Crippen LogP contribution in [0, 0.1) is 11.3 Å². The molecule has 1 unspecified atom stereocenters. The minimum Gasteiger partial charge on any atom is -0.295 e. The SMILES string of the molecule is Cn1c(=O)n(C)c2cc(C(=O)C3CC3(C)C)c(Br)cc21. The maximum Gasteiger partial charge on any atom is 0.328 e. The Balaban J connectivity index is 2.18. The summed E-state index contributed by atoms with van der Waals surface area (Å²) < 4.78 is 3.94. The van der Waals surface area contributed by atoms with Gasteiger partial charge in [0.25, 0.3) is 0 Å². The van der Waals surface area contributed by atoms with Crippen molar-refractivity contribution in [2.75, 3.05) is 0 Å². The molecule has 0 spiro atoms. The van der Waals surface area contributed by atoms with Crippen LogP contribution in [0.15, 0.2) is 21.4 Å². The lowest BCUT2D eigenvalue weighted by Crippen LogP contribution is -2.19. The van der Waals surface area contributed by atoms with Gasteiger partial charge in [-0.2, -0.15) is 0 Å². The summed E-state index contributed by atoms with van der Waals surface area (Å²) in [7, 11) is 3.47. The van der Waals surface area contributed by atoms with Gasteiger partial charge in [-0.25, -0.2) is 4.79 Å². The molecule has 0 bridgehead atoms. The average molecular weight is 337 g/mol. The van der Waals surface area contributed by atoms with Gasteiger partial charge < -0.3 is 0 Å². The van der Waals surface area contributed by atoms with Crippen molar-refractivity contribution in [2.24, 2.45) is 25.4 Å². The van der Waals surface area contributed by atoms with Gasteiger partial charge in [0.2, 0.25) is 0 Å². The zero-order chi connectivity index (χ0) is 14.8. The maximum atomic E-state index is 12.6. The smallest absolute Gasteiger partial charge is 0.295 e. The van der Waals surface area contributed by atoms with Crippen LogP contribution in [0.25, 0.3) is 11.0 Å². The lowest BCUT2D eigenvalue weighted by molar-refractivity contribution is 0.0952. The number of imidazole rings is 1. The van der Waals surface area contributed by atoms with Crippen molar-refractivity contribution in [1.82, 2.24) is 9.13 Å². The fourth-order valence-electron chi connectivity index (χ4n) is 2.81. The Morgan fingerprint density at radius 2 is 1.75 bits per heavy atom. The van der Waals surface area contributed by atoms with Gasteiger partial charge in [-0.15, -0.1) is 0 Å². The first-order chi connectivity index (χ1) is 9.24. The summed E-state index contributed by atoms with van der Waals surface area (Å²) in [5, 5.41) is 0. The van der Waals surface area contributed by atoms with Crippen molar-refractivity contribution < 1.29 is 4.79 Å². The third-order valence-corrected chi connectivity index (χ3v) is 5.11. The van der Waals surface area contributed by atoms with Gasteiger partial charge in [0.05, 0.1) is 11.0 Å².